The monoisotopic (exact) mass is 283 g/mol. The van der Waals surface area contributed by atoms with Crippen molar-refractivity contribution in [2.24, 2.45) is 10.2 Å². The largest absolute Gasteiger partial charge is 0.395 e. The van der Waals surface area contributed by atoms with E-state index in [-0.39, 0.29) is 18.0 Å². The highest BCUT2D eigenvalue weighted by Crippen LogP contribution is 2.36. The molecule has 20 heavy (non-hydrogen) atoms. The summed E-state index contributed by atoms with van der Waals surface area (Å²) in [6, 6.07) is -2.27. The molecule has 3 rings (SSSR count). The van der Waals surface area contributed by atoms with Gasteiger partial charge in [0.25, 0.3) is 5.56 Å². The summed E-state index contributed by atoms with van der Waals surface area (Å²) in [5.74, 6) is 0. The predicted molar refractivity (Wildman–Crippen MR) is 64.8 cm³/mol. The molecule has 3 heterocycles. The molecule has 0 amide bonds. The molecule has 10 heteroatoms. The van der Waals surface area contributed by atoms with Gasteiger partial charge in [-0.1, -0.05) is 0 Å². The molecule has 2 aliphatic heterocycles. The van der Waals surface area contributed by atoms with Gasteiger partial charge in [0.05, 0.1) is 36.6 Å². The number of rotatable bonds is 2. The van der Waals surface area contributed by atoms with E-state index < -0.39 is 41.6 Å². The molecule has 6 N–H and O–H groups in total. The second-order valence-electron chi connectivity index (χ2n) is 4.79. The van der Waals surface area contributed by atoms with Crippen LogP contribution in [0.5, 0.6) is 0 Å². The van der Waals surface area contributed by atoms with Crippen molar-refractivity contribution in [3.63, 3.8) is 0 Å². The van der Waals surface area contributed by atoms with E-state index in [1.165, 1.54) is 0 Å². The van der Waals surface area contributed by atoms with E-state index >= 15 is 0 Å². The maximum Gasteiger partial charge on any atom is 0.326 e. The van der Waals surface area contributed by atoms with Crippen LogP contribution in [-0.4, -0.2) is 56.2 Å². The minimum Gasteiger partial charge on any atom is -0.395 e. The van der Waals surface area contributed by atoms with Gasteiger partial charge in [-0.2, -0.15) is 5.11 Å². The Morgan fingerprint density at radius 3 is 2.55 bits per heavy atom. The van der Waals surface area contributed by atoms with Gasteiger partial charge < -0.3 is 25.6 Å². The van der Waals surface area contributed by atoms with E-state index in [0.717, 1.165) is 0 Å². The van der Waals surface area contributed by atoms with Crippen molar-refractivity contribution < 1.29 is 15.3 Å². The molecule has 1 fully saturated rings. The van der Waals surface area contributed by atoms with Gasteiger partial charge in [0.15, 0.2) is 5.69 Å². The number of H-pyrrole nitrogens is 2. The van der Waals surface area contributed by atoms with Gasteiger partial charge in [0, 0.05) is 0 Å². The Kier molecular flexibility index (Phi) is 3.01. The maximum absolute atomic E-state index is 11.6. The highest BCUT2D eigenvalue weighted by molar-refractivity contribution is 5.44. The lowest BCUT2D eigenvalue weighted by molar-refractivity contribution is 0.0168. The summed E-state index contributed by atoms with van der Waals surface area (Å²) in [5.41, 5.74) is -1.20. The molecule has 0 aliphatic carbocycles. The third-order valence-corrected chi connectivity index (χ3v) is 3.60. The Balaban J connectivity index is 1.98. The number of aliphatic hydroxyl groups is 3. The standard InChI is InChI=1S/C10H13N5O5/c16-1-2-7(17)8(18)5(11-2)4-3-6(15-14-4)9(19)13-10(20)12-3/h2,4-5,7-8,11,16-18H,1H2,(H2,12,13,19,20)/t2-,4?,5+,7-,8+/m0/s1. The first kappa shape index (κ1) is 13.1. The van der Waals surface area contributed by atoms with Crippen LogP contribution in [0.3, 0.4) is 0 Å². The zero-order valence-electron chi connectivity index (χ0n) is 10.1. The Hall–Kier alpha value is -1.88. The van der Waals surface area contributed by atoms with Crippen molar-refractivity contribution in [3.8, 4) is 0 Å². The molecule has 0 aromatic carbocycles. The third-order valence-electron chi connectivity index (χ3n) is 3.60. The molecule has 0 radical (unpaired) electrons. The number of azo groups is 1. The van der Waals surface area contributed by atoms with Crippen molar-refractivity contribution >= 4 is 5.69 Å². The molecular weight excluding hydrogens is 270 g/mol. The minimum absolute atomic E-state index is 0.0226. The lowest BCUT2D eigenvalue weighted by atomic mass is 9.99. The smallest absolute Gasteiger partial charge is 0.326 e. The molecule has 1 aromatic rings. The van der Waals surface area contributed by atoms with Crippen LogP contribution in [0.15, 0.2) is 19.8 Å². The van der Waals surface area contributed by atoms with Crippen LogP contribution in [0.4, 0.5) is 5.69 Å². The first-order valence-corrected chi connectivity index (χ1v) is 6.03. The molecule has 1 unspecified atom stereocenters. The lowest BCUT2D eigenvalue weighted by Gasteiger charge is -2.19. The first-order chi connectivity index (χ1) is 9.52. The molecule has 0 saturated carbocycles. The van der Waals surface area contributed by atoms with Gasteiger partial charge in [-0.05, 0) is 0 Å². The van der Waals surface area contributed by atoms with Gasteiger partial charge in [-0.3, -0.25) is 9.78 Å². The van der Waals surface area contributed by atoms with Crippen molar-refractivity contribution in [3.05, 3.63) is 26.5 Å². The fraction of sp³-hybridized carbons (Fsp3) is 0.600. The molecule has 2 aliphatic rings. The summed E-state index contributed by atoms with van der Waals surface area (Å²) in [4.78, 5) is 27.3. The SMILES string of the molecule is O=c1[nH]c2c(c(=O)[nH]1)N=NC2[C@H]1N[C@@H](CO)[C@H](O)[C@@H]1O. The van der Waals surface area contributed by atoms with Crippen molar-refractivity contribution in [1.29, 1.82) is 0 Å². The van der Waals surface area contributed by atoms with E-state index in [4.69, 9.17) is 5.11 Å². The number of aliphatic hydroxyl groups excluding tert-OH is 3. The number of aromatic amines is 2. The van der Waals surface area contributed by atoms with E-state index in [1.807, 2.05) is 4.98 Å². The molecule has 1 saturated heterocycles. The Morgan fingerprint density at radius 2 is 1.90 bits per heavy atom. The van der Waals surface area contributed by atoms with Crippen LogP contribution in [-0.2, 0) is 0 Å². The molecule has 108 valence electrons. The summed E-state index contributed by atoms with van der Waals surface area (Å²) in [6.45, 7) is -0.364. The van der Waals surface area contributed by atoms with Gasteiger partial charge in [-0.15, -0.1) is 5.11 Å². The average molecular weight is 283 g/mol. The number of nitrogens with zero attached hydrogens (tertiary/aromatic N) is 2. The van der Waals surface area contributed by atoms with E-state index in [0.29, 0.717) is 0 Å². The summed E-state index contributed by atoms with van der Waals surface area (Å²) in [6.07, 6.45) is -2.37. The van der Waals surface area contributed by atoms with Gasteiger partial charge in [-0.25, -0.2) is 4.79 Å². The molecular formula is C10H13N5O5. The van der Waals surface area contributed by atoms with Crippen molar-refractivity contribution in [2.45, 2.75) is 30.3 Å². The van der Waals surface area contributed by atoms with Crippen molar-refractivity contribution in [1.82, 2.24) is 15.3 Å². The number of nitrogens with one attached hydrogen (secondary N) is 3. The average Bonchev–Trinajstić information content (AvgIpc) is 2.93. The van der Waals surface area contributed by atoms with Crippen LogP contribution in [0.25, 0.3) is 0 Å². The van der Waals surface area contributed by atoms with Crippen LogP contribution < -0.4 is 16.6 Å². The first-order valence-electron chi connectivity index (χ1n) is 6.03. The molecule has 5 atom stereocenters. The molecule has 0 spiro atoms. The maximum atomic E-state index is 11.6. The van der Waals surface area contributed by atoms with Crippen LogP contribution in [0, 0.1) is 0 Å². The zero-order chi connectivity index (χ0) is 14.4. The Morgan fingerprint density at radius 1 is 1.15 bits per heavy atom. The highest BCUT2D eigenvalue weighted by atomic mass is 16.3. The Bertz CT molecular complexity index is 667. The third kappa shape index (κ3) is 1.81. The topological polar surface area (TPSA) is 163 Å². The molecule has 0 bridgehead atoms. The fourth-order valence-electron chi connectivity index (χ4n) is 2.57. The predicted octanol–water partition coefficient (Wildman–Crippen LogP) is -2.74. The quantitative estimate of drug-likeness (QED) is 0.344. The summed E-state index contributed by atoms with van der Waals surface area (Å²) >= 11 is 0. The second kappa shape index (κ2) is 4.59. The number of fused-ring (bicyclic) bond motifs is 1. The van der Waals surface area contributed by atoms with Crippen LogP contribution >= 0.6 is 0 Å². The number of hydrogen-bond acceptors (Lipinski definition) is 8. The number of aromatic nitrogens is 2. The summed E-state index contributed by atoms with van der Waals surface area (Å²) < 4.78 is 0. The molecule has 10 nitrogen and oxygen atoms in total. The summed E-state index contributed by atoms with van der Waals surface area (Å²) in [5, 5.41) is 39.2. The minimum atomic E-state index is -1.20. The van der Waals surface area contributed by atoms with Crippen molar-refractivity contribution in [2.75, 3.05) is 6.61 Å². The van der Waals surface area contributed by atoms with Crippen LogP contribution in [0.1, 0.15) is 11.7 Å². The van der Waals surface area contributed by atoms with E-state index in [9.17, 15) is 19.8 Å². The Labute approximate surface area is 111 Å². The normalized spacial score (nSPS) is 35.5. The van der Waals surface area contributed by atoms with E-state index in [2.05, 4.69) is 20.5 Å². The van der Waals surface area contributed by atoms with Gasteiger partial charge >= 0.3 is 5.69 Å². The fourth-order valence-corrected chi connectivity index (χ4v) is 2.57. The zero-order valence-corrected chi connectivity index (χ0v) is 10.1. The highest BCUT2D eigenvalue weighted by Gasteiger charge is 2.47. The summed E-state index contributed by atoms with van der Waals surface area (Å²) in [7, 11) is 0. The lowest BCUT2D eigenvalue weighted by Crippen LogP contribution is -2.39. The molecule has 1 aromatic heterocycles. The van der Waals surface area contributed by atoms with Gasteiger partial charge in [0.2, 0.25) is 0 Å². The van der Waals surface area contributed by atoms with Crippen LogP contribution in [0.2, 0.25) is 0 Å². The van der Waals surface area contributed by atoms with E-state index in [1.54, 1.807) is 0 Å². The number of hydrogen-bond donors (Lipinski definition) is 6. The van der Waals surface area contributed by atoms with Gasteiger partial charge in [0.1, 0.15) is 6.04 Å². The second-order valence-corrected chi connectivity index (χ2v) is 4.79.